The molecule has 0 bridgehead atoms. The van der Waals surface area contributed by atoms with Gasteiger partial charge in [-0.25, -0.2) is 4.79 Å². The van der Waals surface area contributed by atoms with Gasteiger partial charge in [-0.2, -0.15) is 0 Å². The lowest BCUT2D eigenvalue weighted by Crippen LogP contribution is -2.50. The summed E-state index contributed by atoms with van der Waals surface area (Å²) in [6.07, 6.45) is 4.04. The van der Waals surface area contributed by atoms with Gasteiger partial charge in [0.15, 0.2) is 0 Å². The topological polar surface area (TPSA) is 61.9 Å². The summed E-state index contributed by atoms with van der Waals surface area (Å²) < 4.78 is 6.03. The number of nitrogens with one attached hydrogen (secondary N) is 1. The van der Waals surface area contributed by atoms with Crippen molar-refractivity contribution in [1.29, 1.82) is 0 Å². The lowest BCUT2D eigenvalue weighted by atomic mass is 10.1. The second-order valence-electron chi connectivity index (χ2n) is 6.59. The molecular weight excluding hydrogens is 294 g/mol. The number of hydrogen-bond acceptors (Lipinski definition) is 3. The number of benzene rings is 1. The minimum atomic E-state index is -0.205. The molecule has 1 saturated carbocycles. The molecule has 1 spiro atoms. The van der Waals surface area contributed by atoms with Gasteiger partial charge in [0.1, 0.15) is 11.4 Å². The van der Waals surface area contributed by atoms with E-state index in [9.17, 15) is 9.59 Å². The number of anilines is 1. The third-order valence-electron chi connectivity index (χ3n) is 4.82. The molecule has 0 unspecified atom stereocenters. The van der Waals surface area contributed by atoms with Gasteiger partial charge in [-0.05, 0) is 37.8 Å². The molecule has 6 nitrogen and oxygen atoms in total. The number of para-hydroxylation sites is 2. The fourth-order valence-electron chi connectivity index (χ4n) is 3.31. The number of fused-ring (bicyclic) bond motifs is 1. The van der Waals surface area contributed by atoms with Crippen LogP contribution in [0.1, 0.15) is 25.7 Å². The van der Waals surface area contributed by atoms with Crippen molar-refractivity contribution < 1.29 is 14.3 Å². The highest BCUT2D eigenvalue weighted by Gasteiger charge is 2.51. The highest BCUT2D eigenvalue weighted by atomic mass is 16.5. The lowest BCUT2D eigenvalue weighted by Gasteiger charge is -2.35. The van der Waals surface area contributed by atoms with Gasteiger partial charge in [0.2, 0.25) is 5.91 Å². The summed E-state index contributed by atoms with van der Waals surface area (Å²) in [6, 6.07) is 7.47. The third-order valence-corrected chi connectivity index (χ3v) is 4.82. The number of likely N-dealkylation sites (tertiary alicyclic amines) is 1. The van der Waals surface area contributed by atoms with Gasteiger partial charge in [-0.3, -0.25) is 4.79 Å². The van der Waals surface area contributed by atoms with Crippen LogP contribution >= 0.6 is 0 Å². The molecule has 2 fully saturated rings. The first kappa shape index (κ1) is 14.4. The molecule has 6 heteroatoms. The molecule has 0 aromatic heterocycles. The Morgan fingerprint density at radius 1 is 1.17 bits per heavy atom. The van der Waals surface area contributed by atoms with Crippen LogP contribution in [0.25, 0.3) is 0 Å². The van der Waals surface area contributed by atoms with E-state index in [0.717, 1.165) is 50.2 Å². The van der Waals surface area contributed by atoms with Gasteiger partial charge in [-0.15, -0.1) is 0 Å². The zero-order chi connectivity index (χ0) is 15.9. The Kier molecular flexibility index (Phi) is 3.39. The van der Waals surface area contributed by atoms with E-state index in [1.807, 2.05) is 24.3 Å². The number of hydrogen-bond donors (Lipinski definition) is 1. The molecule has 23 heavy (non-hydrogen) atoms. The summed E-state index contributed by atoms with van der Waals surface area (Å²) in [6.45, 7) is 2.16. The van der Waals surface area contributed by atoms with E-state index in [1.54, 1.807) is 9.80 Å². The van der Waals surface area contributed by atoms with Crippen LogP contribution in [0.3, 0.4) is 0 Å². The van der Waals surface area contributed by atoms with Crippen LogP contribution in [0.2, 0.25) is 0 Å². The van der Waals surface area contributed by atoms with Crippen LogP contribution in [0, 0.1) is 0 Å². The quantitative estimate of drug-likeness (QED) is 0.904. The molecular formula is C17H21N3O3. The highest BCUT2D eigenvalue weighted by molar-refractivity contribution is 5.98. The fraction of sp³-hybridized carbons (Fsp3) is 0.529. The summed E-state index contributed by atoms with van der Waals surface area (Å²) >= 11 is 0. The van der Waals surface area contributed by atoms with Crippen molar-refractivity contribution in [2.24, 2.45) is 0 Å². The highest BCUT2D eigenvalue weighted by Crippen LogP contribution is 2.48. The zero-order valence-electron chi connectivity index (χ0n) is 13.1. The predicted octanol–water partition coefficient (Wildman–Crippen LogP) is 1.75. The second kappa shape index (κ2) is 5.44. The molecule has 4 rings (SSSR count). The number of rotatable bonds is 2. The van der Waals surface area contributed by atoms with Gasteiger partial charge in [-0.1, -0.05) is 12.1 Å². The molecule has 3 aliphatic rings. The number of carbonyl (C=O) groups excluding carboxylic acids is 2. The molecule has 1 aliphatic carbocycles. The first-order chi connectivity index (χ1) is 11.2. The fourth-order valence-corrected chi connectivity index (χ4v) is 3.31. The molecule has 2 aliphatic heterocycles. The minimum Gasteiger partial charge on any atom is -0.483 e. The van der Waals surface area contributed by atoms with Crippen molar-refractivity contribution in [3.05, 3.63) is 24.3 Å². The van der Waals surface area contributed by atoms with Crippen molar-refractivity contribution in [3.8, 4) is 5.75 Å². The Hall–Kier alpha value is -2.24. The van der Waals surface area contributed by atoms with Gasteiger partial charge >= 0.3 is 6.03 Å². The third kappa shape index (κ3) is 2.73. The maximum absolute atomic E-state index is 12.6. The summed E-state index contributed by atoms with van der Waals surface area (Å²) in [7, 11) is 0. The zero-order valence-corrected chi connectivity index (χ0v) is 13.1. The van der Waals surface area contributed by atoms with Gasteiger partial charge in [0, 0.05) is 13.1 Å². The molecule has 122 valence electrons. The molecule has 0 radical (unpaired) electrons. The van der Waals surface area contributed by atoms with E-state index in [1.165, 1.54) is 0 Å². The van der Waals surface area contributed by atoms with Crippen LogP contribution in [0.15, 0.2) is 24.3 Å². The Balaban J connectivity index is 1.44. The molecule has 3 amide bonds. The average molecular weight is 315 g/mol. The van der Waals surface area contributed by atoms with Crippen molar-refractivity contribution >= 4 is 17.6 Å². The van der Waals surface area contributed by atoms with Crippen molar-refractivity contribution in [3.63, 3.8) is 0 Å². The van der Waals surface area contributed by atoms with Crippen LogP contribution in [0.4, 0.5) is 10.5 Å². The van der Waals surface area contributed by atoms with Crippen LogP contribution < -0.4 is 15.0 Å². The average Bonchev–Trinajstić information content (AvgIpc) is 3.10. The number of urea groups is 1. The number of ether oxygens (including phenoxy) is 1. The molecule has 1 saturated heterocycles. The van der Waals surface area contributed by atoms with Gasteiger partial charge < -0.3 is 19.9 Å². The van der Waals surface area contributed by atoms with E-state index in [-0.39, 0.29) is 24.1 Å². The van der Waals surface area contributed by atoms with E-state index in [4.69, 9.17) is 4.74 Å². The second-order valence-corrected chi connectivity index (χ2v) is 6.59. The summed E-state index contributed by atoms with van der Waals surface area (Å²) in [5.74, 6) is 0.676. The number of nitrogens with zero attached hydrogens (tertiary/aromatic N) is 2. The number of amides is 3. The Labute approximate surface area is 135 Å². The van der Waals surface area contributed by atoms with Crippen molar-refractivity contribution in [2.45, 2.75) is 31.3 Å². The largest absolute Gasteiger partial charge is 0.483 e. The first-order valence-electron chi connectivity index (χ1n) is 8.28. The summed E-state index contributed by atoms with van der Waals surface area (Å²) in [5, 5.41) is 2.76. The van der Waals surface area contributed by atoms with Crippen LogP contribution in [0.5, 0.6) is 5.75 Å². The van der Waals surface area contributed by atoms with Crippen LogP contribution in [-0.4, -0.2) is 48.6 Å². The van der Waals surface area contributed by atoms with Crippen molar-refractivity contribution in [1.82, 2.24) is 10.2 Å². The minimum absolute atomic E-state index is 0.0275. The summed E-state index contributed by atoms with van der Waals surface area (Å²) in [5.41, 5.74) is 0.591. The molecule has 1 aromatic rings. The normalized spacial score (nSPS) is 20.9. The monoisotopic (exact) mass is 315 g/mol. The van der Waals surface area contributed by atoms with E-state index >= 15 is 0 Å². The SMILES string of the molecule is O=C(NCC(=O)N1CC2(CC2)Oc2ccccc21)N1CCCC1. The molecule has 1 N–H and O–H groups in total. The van der Waals surface area contributed by atoms with E-state index in [0.29, 0.717) is 6.54 Å². The first-order valence-corrected chi connectivity index (χ1v) is 8.28. The Morgan fingerprint density at radius 3 is 2.65 bits per heavy atom. The Bertz CT molecular complexity index is 636. The smallest absolute Gasteiger partial charge is 0.317 e. The van der Waals surface area contributed by atoms with Gasteiger partial charge in [0.25, 0.3) is 0 Å². The maximum atomic E-state index is 12.6. The van der Waals surface area contributed by atoms with E-state index in [2.05, 4.69) is 5.32 Å². The van der Waals surface area contributed by atoms with Crippen LogP contribution in [-0.2, 0) is 4.79 Å². The molecule has 1 aromatic carbocycles. The van der Waals surface area contributed by atoms with Gasteiger partial charge in [0.05, 0.1) is 18.8 Å². The van der Waals surface area contributed by atoms with Crippen molar-refractivity contribution in [2.75, 3.05) is 31.1 Å². The lowest BCUT2D eigenvalue weighted by molar-refractivity contribution is -0.118. The Morgan fingerprint density at radius 2 is 1.91 bits per heavy atom. The number of carbonyl (C=O) groups is 2. The predicted molar refractivity (Wildman–Crippen MR) is 85.6 cm³/mol. The molecule has 2 heterocycles. The maximum Gasteiger partial charge on any atom is 0.317 e. The molecule has 0 atom stereocenters. The summed E-state index contributed by atoms with van der Waals surface area (Å²) in [4.78, 5) is 28.2. The standard InChI is InChI=1S/C17H21N3O3/c21-15(11-18-16(22)19-9-3-4-10-19)20-12-17(7-8-17)23-14-6-2-1-5-13(14)20/h1-2,5-6H,3-4,7-12H2,(H,18,22). The van der Waals surface area contributed by atoms with E-state index < -0.39 is 0 Å².